The first-order chi connectivity index (χ1) is 8.62. The summed E-state index contributed by atoms with van der Waals surface area (Å²) in [4.78, 5) is 14.6. The van der Waals surface area contributed by atoms with Crippen LogP contribution in [-0.2, 0) is 4.79 Å². The van der Waals surface area contributed by atoms with Gasteiger partial charge in [0.15, 0.2) is 0 Å². The number of carbonyl (C=O) groups excluding carboxylic acids is 1. The second kappa shape index (κ2) is 4.63. The van der Waals surface area contributed by atoms with Crippen LogP contribution in [0.3, 0.4) is 0 Å². The zero-order chi connectivity index (χ0) is 12.8. The summed E-state index contributed by atoms with van der Waals surface area (Å²) < 4.78 is 0. The van der Waals surface area contributed by atoms with E-state index in [4.69, 9.17) is 0 Å². The van der Waals surface area contributed by atoms with Crippen LogP contribution in [0.5, 0.6) is 0 Å². The third-order valence-electron chi connectivity index (χ3n) is 6.10. The Hall–Kier alpha value is -0.370. The summed E-state index contributed by atoms with van der Waals surface area (Å²) >= 11 is 0. The molecule has 0 aromatic heterocycles. The fraction of sp³-hybridized carbons (Fsp3) is 0.938. The average Bonchev–Trinajstić information content (AvgIpc) is 2.74. The van der Waals surface area contributed by atoms with Crippen LogP contribution in [0.4, 0.5) is 0 Å². The molecule has 1 heterocycles. The largest absolute Gasteiger partial charge is 0.301 e. The van der Waals surface area contributed by atoms with Crippen molar-refractivity contribution in [1.29, 1.82) is 0 Å². The van der Waals surface area contributed by atoms with Crippen LogP contribution in [0.15, 0.2) is 0 Å². The van der Waals surface area contributed by atoms with Gasteiger partial charge in [-0.15, -0.1) is 0 Å². The second-order valence-corrected chi connectivity index (χ2v) is 7.10. The van der Waals surface area contributed by atoms with Crippen molar-refractivity contribution in [3.8, 4) is 0 Å². The summed E-state index contributed by atoms with van der Waals surface area (Å²) in [6.45, 7) is 7.13. The summed E-state index contributed by atoms with van der Waals surface area (Å²) in [6.07, 6.45) is 8.66. The molecule has 1 saturated heterocycles. The Morgan fingerprint density at radius 2 is 1.89 bits per heavy atom. The standard InChI is InChI=1S/C16H27NO/c1-12(2)17-10-8-16(9-11-17)7-3-4-13-14(16)5-6-15(13)18/h12-14H,3-11H2,1-2H3. The maximum absolute atomic E-state index is 12.0. The quantitative estimate of drug-likeness (QED) is 0.711. The van der Waals surface area contributed by atoms with Crippen LogP contribution >= 0.6 is 0 Å². The molecular formula is C16H27NO. The molecule has 2 nitrogen and oxygen atoms in total. The number of rotatable bonds is 1. The molecule has 2 saturated carbocycles. The molecule has 0 N–H and O–H groups in total. The van der Waals surface area contributed by atoms with Crippen molar-refractivity contribution in [3.05, 3.63) is 0 Å². The van der Waals surface area contributed by atoms with E-state index >= 15 is 0 Å². The van der Waals surface area contributed by atoms with Crippen LogP contribution < -0.4 is 0 Å². The van der Waals surface area contributed by atoms with Gasteiger partial charge in [0.2, 0.25) is 0 Å². The van der Waals surface area contributed by atoms with Crippen molar-refractivity contribution < 1.29 is 4.79 Å². The van der Waals surface area contributed by atoms with Gasteiger partial charge in [-0.3, -0.25) is 4.79 Å². The number of piperidine rings is 1. The maximum Gasteiger partial charge on any atom is 0.136 e. The van der Waals surface area contributed by atoms with E-state index in [-0.39, 0.29) is 0 Å². The van der Waals surface area contributed by atoms with E-state index in [9.17, 15) is 4.79 Å². The van der Waals surface area contributed by atoms with Gasteiger partial charge in [-0.25, -0.2) is 0 Å². The number of hydrogen-bond donors (Lipinski definition) is 0. The van der Waals surface area contributed by atoms with Gasteiger partial charge < -0.3 is 4.90 Å². The molecule has 18 heavy (non-hydrogen) atoms. The highest BCUT2D eigenvalue weighted by molar-refractivity contribution is 5.83. The molecule has 1 aliphatic heterocycles. The van der Waals surface area contributed by atoms with Crippen molar-refractivity contribution in [1.82, 2.24) is 4.90 Å². The van der Waals surface area contributed by atoms with Crippen LogP contribution in [0.25, 0.3) is 0 Å². The number of nitrogens with zero attached hydrogens (tertiary/aromatic N) is 1. The Kier molecular flexibility index (Phi) is 3.25. The summed E-state index contributed by atoms with van der Waals surface area (Å²) in [6, 6.07) is 0.687. The molecule has 2 aliphatic carbocycles. The monoisotopic (exact) mass is 249 g/mol. The molecule has 3 fully saturated rings. The van der Waals surface area contributed by atoms with Crippen molar-refractivity contribution >= 4 is 5.78 Å². The van der Waals surface area contributed by atoms with Crippen LogP contribution in [0, 0.1) is 17.3 Å². The molecule has 3 rings (SSSR count). The van der Waals surface area contributed by atoms with E-state index < -0.39 is 0 Å². The van der Waals surface area contributed by atoms with Crippen LogP contribution in [0.1, 0.15) is 58.8 Å². The number of fused-ring (bicyclic) bond motifs is 2. The first-order valence-electron chi connectivity index (χ1n) is 7.89. The minimum absolute atomic E-state index is 0.448. The summed E-state index contributed by atoms with van der Waals surface area (Å²) in [7, 11) is 0. The lowest BCUT2D eigenvalue weighted by Gasteiger charge is -2.51. The molecule has 0 amide bonds. The number of ketones is 1. The van der Waals surface area contributed by atoms with Gasteiger partial charge in [-0.1, -0.05) is 6.42 Å². The number of hydrogen-bond acceptors (Lipinski definition) is 2. The van der Waals surface area contributed by atoms with E-state index in [1.807, 2.05) is 0 Å². The number of likely N-dealkylation sites (tertiary alicyclic amines) is 1. The maximum atomic E-state index is 12.0. The Labute approximate surface area is 111 Å². The fourth-order valence-electron chi connectivity index (χ4n) is 4.97. The molecule has 3 aliphatic rings. The lowest BCUT2D eigenvalue weighted by Crippen LogP contribution is -2.48. The Morgan fingerprint density at radius 1 is 1.17 bits per heavy atom. The zero-order valence-corrected chi connectivity index (χ0v) is 12.0. The summed E-state index contributed by atoms with van der Waals surface area (Å²) in [5.41, 5.74) is 0.542. The van der Waals surface area contributed by atoms with E-state index in [2.05, 4.69) is 18.7 Å². The van der Waals surface area contributed by atoms with E-state index in [0.717, 1.165) is 12.3 Å². The molecule has 0 bridgehead atoms. The van der Waals surface area contributed by atoms with E-state index in [0.29, 0.717) is 23.2 Å². The lowest BCUT2D eigenvalue weighted by molar-refractivity contribution is -0.124. The smallest absolute Gasteiger partial charge is 0.136 e. The van der Waals surface area contributed by atoms with Gasteiger partial charge in [0.1, 0.15) is 5.78 Å². The zero-order valence-electron chi connectivity index (χ0n) is 12.0. The highest BCUT2D eigenvalue weighted by Crippen LogP contribution is 2.55. The lowest BCUT2D eigenvalue weighted by atomic mass is 9.58. The van der Waals surface area contributed by atoms with Gasteiger partial charge in [0.05, 0.1) is 0 Å². The Bertz CT molecular complexity index is 328. The molecular weight excluding hydrogens is 222 g/mol. The summed E-state index contributed by atoms with van der Waals surface area (Å²) in [5, 5.41) is 0. The molecule has 0 radical (unpaired) electrons. The Balaban J connectivity index is 1.73. The minimum Gasteiger partial charge on any atom is -0.301 e. The van der Waals surface area contributed by atoms with Crippen molar-refractivity contribution in [2.45, 2.75) is 64.8 Å². The predicted molar refractivity (Wildman–Crippen MR) is 73.4 cm³/mol. The molecule has 1 spiro atoms. The fourth-order valence-corrected chi connectivity index (χ4v) is 4.97. The first kappa shape index (κ1) is 12.7. The van der Waals surface area contributed by atoms with Crippen molar-refractivity contribution in [3.63, 3.8) is 0 Å². The first-order valence-corrected chi connectivity index (χ1v) is 7.89. The van der Waals surface area contributed by atoms with Gasteiger partial charge in [-0.2, -0.15) is 0 Å². The van der Waals surface area contributed by atoms with Gasteiger partial charge in [0, 0.05) is 18.4 Å². The minimum atomic E-state index is 0.448. The Morgan fingerprint density at radius 3 is 2.56 bits per heavy atom. The van der Waals surface area contributed by atoms with Crippen molar-refractivity contribution in [2.75, 3.05) is 13.1 Å². The van der Waals surface area contributed by atoms with Gasteiger partial charge >= 0.3 is 0 Å². The van der Waals surface area contributed by atoms with Gasteiger partial charge in [0.25, 0.3) is 0 Å². The van der Waals surface area contributed by atoms with Crippen LogP contribution in [-0.4, -0.2) is 29.8 Å². The van der Waals surface area contributed by atoms with Gasteiger partial charge in [-0.05, 0) is 70.4 Å². The molecule has 102 valence electrons. The van der Waals surface area contributed by atoms with E-state index in [1.165, 1.54) is 51.6 Å². The molecule has 0 aromatic rings. The predicted octanol–water partition coefficient (Wildman–Crippen LogP) is 3.26. The van der Waals surface area contributed by atoms with Crippen molar-refractivity contribution in [2.24, 2.45) is 17.3 Å². The number of Topliss-reactive ketones (excluding diaryl/α,β-unsaturated/α-hetero) is 1. The topological polar surface area (TPSA) is 20.3 Å². The normalized spacial score (nSPS) is 36.3. The molecule has 2 heteroatoms. The van der Waals surface area contributed by atoms with Crippen LogP contribution in [0.2, 0.25) is 0 Å². The third kappa shape index (κ3) is 1.93. The molecule has 2 unspecified atom stereocenters. The molecule has 2 atom stereocenters. The third-order valence-corrected chi connectivity index (χ3v) is 6.10. The highest BCUT2D eigenvalue weighted by Gasteiger charge is 2.51. The summed E-state index contributed by atoms with van der Waals surface area (Å²) in [5.74, 6) is 1.78. The highest BCUT2D eigenvalue weighted by atomic mass is 16.1. The second-order valence-electron chi connectivity index (χ2n) is 7.10. The number of carbonyl (C=O) groups is 1. The van der Waals surface area contributed by atoms with E-state index in [1.54, 1.807) is 0 Å². The average molecular weight is 249 g/mol. The SMILES string of the molecule is CC(C)N1CCC2(CCCC3C(=O)CCC32)CC1. The molecule has 0 aromatic carbocycles.